The smallest absolute Gasteiger partial charge is 0.352 e. The molecule has 1 aliphatic carbocycles. The molecule has 1 saturated carbocycles. The summed E-state index contributed by atoms with van der Waals surface area (Å²) >= 11 is 0. The number of nitrogens with one attached hydrogen (secondary N) is 2. The fourth-order valence-electron chi connectivity index (χ4n) is 4.52. The zero-order chi connectivity index (χ0) is 24.7. The first kappa shape index (κ1) is 25.8. The van der Waals surface area contributed by atoms with E-state index in [0.717, 1.165) is 50.7 Å². The van der Waals surface area contributed by atoms with Crippen LogP contribution < -0.4 is 10.6 Å². The summed E-state index contributed by atoms with van der Waals surface area (Å²) in [6.45, 7) is 4.08. The molecule has 1 fully saturated rings. The molecule has 2 atom stereocenters. The maximum atomic E-state index is 12.9. The third-order valence-corrected chi connectivity index (χ3v) is 6.57. The molecule has 0 spiro atoms. The number of hydrogen-bond donors (Lipinski definition) is 2. The highest BCUT2D eigenvalue weighted by atomic mass is 19.4. The van der Waals surface area contributed by atoms with Crippen LogP contribution in [0.25, 0.3) is 0 Å². The number of carbonyl (C=O) groups is 2. The maximum Gasteiger partial charge on any atom is 0.416 e. The predicted molar refractivity (Wildman–Crippen MR) is 127 cm³/mol. The van der Waals surface area contributed by atoms with Crippen molar-refractivity contribution in [3.05, 3.63) is 70.8 Å². The molecule has 2 amide bonds. The van der Waals surface area contributed by atoms with Crippen molar-refractivity contribution in [2.24, 2.45) is 5.92 Å². The first-order chi connectivity index (χ1) is 16.1. The largest absolute Gasteiger partial charge is 0.416 e. The molecule has 0 bridgehead atoms. The SMILES string of the molecule is CC(C)c1ccc(CC[C@@H]2CCCC[C@@H]2NC(=O)CNC(=O)c2cccc(C(F)(F)F)c2)cc1. The quantitative estimate of drug-likeness (QED) is 0.503. The number of carbonyl (C=O) groups excluding carboxylic acids is 2. The van der Waals surface area contributed by atoms with Gasteiger partial charge in [0.2, 0.25) is 5.91 Å². The van der Waals surface area contributed by atoms with E-state index in [-0.39, 0.29) is 24.1 Å². The molecule has 2 N–H and O–H groups in total. The van der Waals surface area contributed by atoms with Crippen LogP contribution in [0.1, 0.15) is 78.9 Å². The van der Waals surface area contributed by atoms with Crippen molar-refractivity contribution in [3.8, 4) is 0 Å². The second-order valence-corrected chi connectivity index (χ2v) is 9.41. The number of rotatable bonds is 8. The lowest BCUT2D eigenvalue weighted by Crippen LogP contribution is -2.46. The molecule has 1 aliphatic rings. The normalized spacial score (nSPS) is 18.5. The molecule has 0 saturated heterocycles. The summed E-state index contributed by atoms with van der Waals surface area (Å²) in [4.78, 5) is 24.7. The van der Waals surface area contributed by atoms with Crippen molar-refractivity contribution in [3.63, 3.8) is 0 Å². The molecular formula is C27H33F3N2O2. The summed E-state index contributed by atoms with van der Waals surface area (Å²) in [5, 5.41) is 5.47. The van der Waals surface area contributed by atoms with E-state index in [0.29, 0.717) is 11.8 Å². The van der Waals surface area contributed by atoms with E-state index in [1.165, 1.54) is 23.3 Å². The van der Waals surface area contributed by atoms with Gasteiger partial charge in [0.1, 0.15) is 0 Å². The Bertz CT molecular complexity index is 971. The van der Waals surface area contributed by atoms with Gasteiger partial charge in [-0.3, -0.25) is 9.59 Å². The Balaban J connectivity index is 1.50. The van der Waals surface area contributed by atoms with Crippen LogP contribution in [-0.4, -0.2) is 24.4 Å². The number of hydrogen-bond acceptors (Lipinski definition) is 2. The maximum absolute atomic E-state index is 12.9. The van der Waals surface area contributed by atoms with Gasteiger partial charge in [-0.1, -0.05) is 57.0 Å². The van der Waals surface area contributed by atoms with Gasteiger partial charge in [0.15, 0.2) is 0 Å². The zero-order valence-corrected chi connectivity index (χ0v) is 19.8. The topological polar surface area (TPSA) is 58.2 Å². The van der Waals surface area contributed by atoms with E-state index in [9.17, 15) is 22.8 Å². The Morgan fingerprint density at radius 1 is 1.03 bits per heavy atom. The van der Waals surface area contributed by atoms with Gasteiger partial charge in [0, 0.05) is 11.6 Å². The van der Waals surface area contributed by atoms with Crippen molar-refractivity contribution in [1.82, 2.24) is 10.6 Å². The molecule has 0 unspecified atom stereocenters. The van der Waals surface area contributed by atoms with Crippen molar-refractivity contribution in [1.29, 1.82) is 0 Å². The van der Waals surface area contributed by atoms with E-state index >= 15 is 0 Å². The van der Waals surface area contributed by atoms with Crippen LogP contribution in [0.4, 0.5) is 13.2 Å². The third-order valence-electron chi connectivity index (χ3n) is 6.57. The fourth-order valence-corrected chi connectivity index (χ4v) is 4.52. The average molecular weight is 475 g/mol. The second-order valence-electron chi connectivity index (χ2n) is 9.41. The molecule has 34 heavy (non-hydrogen) atoms. The summed E-state index contributed by atoms with van der Waals surface area (Å²) in [7, 11) is 0. The van der Waals surface area contributed by atoms with Crippen LogP contribution in [0.2, 0.25) is 0 Å². The number of alkyl halides is 3. The van der Waals surface area contributed by atoms with E-state index in [1.807, 2.05) is 0 Å². The van der Waals surface area contributed by atoms with Crippen LogP contribution >= 0.6 is 0 Å². The van der Waals surface area contributed by atoms with E-state index in [1.54, 1.807) is 0 Å². The summed E-state index contributed by atoms with van der Waals surface area (Å²) in [6.07, 6.45) is 1.51. The number of aryl methyl sites for hydroxylation is 1. The van der Waals surface area contributed by atoms with Gasteiger partial charge in [-0.25, -0.2) is 0 Å². The van der Waals surface area contributed by atoms with E-state index in [2.05, 4.69) is 48.7 Å². The van der Waals surface area contributed by atoms with Crippen LogP contribution in [0.3, 0.4) is 0 Å². The molecular weight excluding hydrogens is 441 g/mol. The summed E-state index contributed by atoms with van der Waals surface area (Å²) in [5.41, 5.74) is 1.59. The van der Waals surface area contributed by atoms with Gasteiger partial charge >= 0.3 is 6.18 Å². The molecule has 4 nitrogen and oxygen atoms in total. The van der Waals surface area contributed by atoms with Gasteiger partial charge in [-0.05, 0) is 66.8 Å². The first-order valence-electron chi connectivity index (χ1n) is 12.0. The lowest BCUT2D eigenvalue weighted by atomic mass is 9.81. The molecule has 0 heterocycles. The van der Waals surface area contributed by atoms with Gasteiger partial charge in [-0.15, -0.1) is 0 Å². The minimum atomic E-state index is -4.53. The monoisotopic (exact) mass is 474 g/mol. The van der Waals surface area contributed by atoms with Gasteiger partial charge in [-0.2, -0.15) is 13.2 Å². The lowest BCUT2D eigenvalue weighted by molar-refractivity contribution is -0.137. The fraction of sp³-hybridized carbons (Fsp3) is 0.481. The van der Waals surface area contributed by atoms with Crippen molar-refractivity contribution < 1.29 is 22.8 Å². The van der Waals surface area contributed by atoms with Gasteiger partial charge < -0.3 is 10.6 Å². The predicted octanol–water partition coefficient (Wildman–Crippen LogP) is 5.87. The molecule has 3 rings (SSSR count). The minimum Gasteiger partial charge on any atom is -0.352 e. The molecule has 0 radical (unpaired) electrons. The van der Waals surface area contributed by atoms with Crippen LogP contribution in [-0.2, 0) is 17.4 Å². The Kier molecular flexibility index (Phi) is 8.75. The summed E-state index contributed by atoms with van der Waals surface area (Å²) in [5.74, 6) is -0.160. The highest BCUT2D eigenvalue weighted by Crippen LogP contribution is 2.30. The summed E-state index contributed by atoms with van der Waals surface area (Å²) in [6, 6.07) is 12.9. The minimum absolute atomic E-state index is 0.0432. The highest BCUT2D eigenvalue weighted by Gasteiger charge is 2.31. The Morgan fingerprint density at radius 2 is 1.74 bits per heavy atom. The number of halogens is 3. The molecule has 2 aromatic rings. The van der Waals surface area contributed by atoms with Gasteiger partial charge in [0.05, 0.1) is 12.1 Å². The summed E-state index contributed by atoms with van der Waals surface area (Å²) < 4.78 is 38.6. The standard InChI is InChI=1S/C27H33F3N2O2/c1-18(2)20-13-10-19(11-14-20)12-15-21-6-3-4-9-24(21)32-25(33)17-31-26(34)22-7-5-8-23(16-22)27(28,29)30/h5,7-8,10-11,13-14,16,18,21,24H,3-4,6,9,12,15,17H2,1-2H3,(H,31,34)(H,32,33)/t21-,24-/m0/s1. The highest BCUT2D eigenvalue weighted by molar-refractivity contribution is 5.96. The number of amides is 2. The Morgan fingerprint density at radius 3 is 2.41 bits per heavy atom. The molecule has 0 aromatic heterocycles. The molecule has 7 heteroatoms. The van der Waals surface area contributed by atoms with E-state index < -0.39 is 17.6 Å². The van der Waals surface area contributed by atoms with Crippen molar-refractivity contribution in [2.75, 3.05) is 6.54 Å². The first-order valence-corrected chi connectivity index (χ1v) is 12.0. The van der Waals surface area contributed by atoms with Crippen molar-refractivity contribution in [2.45, 2.75) is 70.5 Å². The Hall–Kier alpha value is -2.83. The molecule has 184 valence electrons. The number of benzene rings is 2. The Labute approximate surface area is 199 Å². The second kappa shape index (κ2) is 11.5. The average Bonchev–Trinajstić information content (AvgIpc) is 2.82. The molecule has 2 aromatic carbocycles. The van der Waals surface area contributed by atoms with E-state index in [4.69, 9.17) is 0 Å². The van der Waals surface area contributed by atoms with Crippen LogP contribution in [0, 0.1) is 5.92 Å². The zero-order valence-electron chi connectivity index (χ0n) is 19.8. The van der Waals surface area contributed by atoms with Crippen LogP contribution in [0.5, 0.6) is 0 Å². The van der Waals surface area contributed by atoms with Crippen molar-refractivity contribution >= 4 is 11.8 Å². The third kappa shape index (κ3) is 7.34. The van der Waals surface area contributed by atoms with Crippen LogP contribution in [0.15, 0.2) is 48.5 Å². The molecule has 0 aliphatic heterocycles. The van der Waals surface area contributed by atoms with Gasteiger partial charge in [0.25, 0.3) is 5.91 Å². The lowest BCUT2D eigenvalue weighted by Gasteiger charge is -2.32.